The van der Waals surface area contributed by atoms with Crippen LogP contribution in [0.1, 0.15) is 33.6 Å². The molecule has 2 atom stereocenters. The molecule has 0 aromatic heterocycles. The standard InChI is InChI=1S/C13H25N3O2/c1-13(2,3)18-12(17)15-10-5-7-16(9-10)11-4-6-14-8-11/h10-11,14H,4-9H2,1-3H3,(H,15,17)/t10-,11-/m0/s1. The highest BCUT2D eigenvalue weighted by molar-refractivity contribution is 5.68. The summed E-state index contributed by atoms with van der Waals surface area (Å²) in [7, 11) is 0. The van der Waals surface area contributed by atoms with E-state index in [1.54, 1.807) is 0 Å². The lowest BCUT2D eigenvalue weighted by Crippen LogP contribution is -2.42. The Morgan fingerprint density at radius 1 is 1.39 bits per heavy atom. The Hall–Kier alpha value is -0.810. The van der Waals surface area contributed by atoms with Gasteiger partial charge in [-0.05, 0) is 40.2 Å². The van der Waals surface area contributed by atoms with E-state index in [0.717, 1.165) is 32.6 Å². The fraction of sp³-hybridized carbons (Fsp3) is 0.923. The third-order valence-corrected chi connectivity index (χ3v) is 3.49. The molecule has 104 valence electrons. The van der Waals surface area contributed by atoms with E-state index in [1.165, 1.54) is 6.42 Å². The molecule has 2 saturated heterocycles. The average molecular weight is 255 g/mol. The summed E-state index contributed by atoms with van der Waals surface area (Å²) in [6.45, 7) is 9.88. The van der Waals surface area contributed by atoms with Gasteiger partial charge in [-0.1, -0.05) is 0 Å². The van der Waals surface area contributed by atoms with E-state index in [0.29, 0.717) is 6.04 Å². The predicted molar refractivity (Wildman–Crippen MR) is 70.6 cm³/mol. The summed E-state index contributed by atoms with van der Waals surface area (Å²) in [5, 5.41) is 6.35. The van der Waals surface area contributed by atoms with Gasteiger partial charge in [-0.25, -0.2) is 4.79 Å². The number of rotatable bonds is 2. The average Bonchev–Trinajstić information content (AvgIpc) is 2.82. The monoisotopic (exact) mass is 255 g/mol. The molecular weight excluding hydrogens is 230 g/mol. The second kappa shape index (κ2) is 5.45. The van der Waals surface area contributed by atoms with Crippen LogP contribution in [0, 0.1) is 0 Å². The van der Waals surface area contributed by atoms with E-state index in [1.807, 2.05) is 20.8 Å². The summed E-state index contributed by atoms with van der Waals surface area (Å²) < 4.78 is 5.28. The number of hydrogen-bond donors (Lipinski definition) is 2. The van der Waals surface area contributed by atoms with Crippen molar-refractivity contribution >= 4 is 6.09 Å². The molecule has 2 heterocycles. The molecule has 18 heavy (non-hydrogen) atoms. The van der Waals surface area contributed by atoms with Crippen LogP contribution in [0.4, 0.5) is 4.79 Å². The lowest BCUT2D eigenvalue weighted by atomic mass is 10.2. The maximum atomic E-state index is 11.7. The summed E-state index contributed by atoms with van der Waals surface area (Å²) in [5.74, 6) is 0. The van der Waals surface area contributed by atoms with Crippen LogP contribution in [0.5, 0.6) is 0 Å². The minimum Gasteiger partial charge on any atom is -0.444 e. The van der Waals surface area contributed by atoms with Crippen LogP contribution >= 0.6 is 0 Å². The molecule has 0 aromatic rings. The molecule has 0 saturated carbocycles. The van der Waals surface area contributed by atoms with Crippen molar-refractivity contribution in [1.29, 1.82) is 0 Å². The van der Waals surface area contributed by atoms with Crippen molar-refractivity contribution in [3.8, 4) is 0 Å². The first-order valence-electron chi connectivity index (χ1n) is 6.88. The van der Waals surface area contributed by atoms with Gasteiger partial charge >= 0.3 is 6.09 Å². The second-order valence-corrected chi connectivity index (χ2v) is 6.27. The van der Waals surface area contributed by atoms with Crippen LogP contribution in [-0.4, -0.2) is 54.9 Å². The first-order valence-corrected chi connectivity index (χ1v) is 6.88. The number of nitrogens with one attached hydrogen (secondary N) is 2. The maximum absolute atomic E-state index is 11.7. The zero-order valence-corrected chi connectivity index (χ0v) is 11.7. The summed E-state index contributed by atoms with van der Waals surface area (Å²) in [5.41, 5.74) is -0.419. The molecule has 5 heteroatoms. The van der Waals surface area contributed by atoms with Crippen LogP contribution in [0.25, 0.3) is 0 Å². The molecule has 0 unspecified atom stereocenters. The van der Waals surface area contributed by atoms with Gasteiger partial charge in [-0.15, -0.1) is 0 Å². The largest absolute Gasteiger partial charge is 0.444 e. The highest BCUT2D eigenvalue weighted by atomic mass is 16.6. The van der Waals surface area contributed by atoms with Crippen LogP contribution in [-0.2, 0) is 4.74 Å². The number of amides is 1. The smallest absolute Gasteiger partial charge is 0.407 e. The molecule has 2 N–H and O–H groups in total. The number of ether oxygens (including phenoxy) is 1. The normalized spacial score (nSPS) is 29.5. The van der Waals surface area contributed by atoms with E-state index in [4.69, 9.17) is 4.74 Å². The third kappa shape index (κ3) is 3.85. The SMILES string of the molecule is CC(C)(C)OC(=O)N[C@H]1CCN([C@H]2CCNC2)C1. The minimum atomic E-state index is -0.419. The van der Waals surface area contributed by atoms with Crippen LogP contribution < -0.4 is 10.6 Å². The number of hydrogen-bond acceptors (Lipinski definition) is 4. The first-order chi connectivity index (χ1) is 8.44. The van der Waals surface area contributed by atoms with Gasteiger partial charge in [0.1, 0.15) is 5.60 Å². The Morgan fingerprint density at radius 2 is 2.17 bits per heavy atom. The molecule has 0 spiro atoms. The topological polar surface area (TPSA) is 53.6 Å². The second-order valence-electron chi connectivity index (χ2n) is 6.27. The van der Waals surface area contributed by atoms with Crippen molar-refractivity contribution in [2.24, 2.45) is 0 Å². The molecule has 5 nitrogen and oxygen atoms in total. The van der Waals surface area contributed by atoms with Gasteiger partial charge in [0.05, 0.1) is 0 Å². The van der Waals surface area contributed by atoms with E-state index >= 15 is 0 Å². The highest BCUT2D eigenvalue weighted by Gasteiger charge is 2.31. The van der Waals surface area contributed by atoms with Gasteiger partial charge in [0, 0.05) is 31.7 Å². The predicted octanol–water partition coefficient (Wildman–Crippen LogP) is 0.947. The van der Waals surface area contributed by atoms with E-state index in [9.17, 15) is 4.79 Å². The van der Waals surface area contributed by atoms with Crippen LogP contribution in [0.15, 0.2) is 0 Å². The Bertz CT molecular complexity index is 295. The Balaban J connectivity index is 1.73. The van der Waals surface area contributed by atoms with Gasteiger partial charge in [-0.3, -0.25) is 4.90 Å². The molecule has 0 radical (unpaired) electrons. The fourth-order valence-corrected chi connectivity index (χ4v) is 2.66. The molecule has 1 amide bonds. The molecule has 2 fully saturated rings. The summed E-state index contributed by atoms with van der Waals surface area (Å²) in [6, 6.07) is 0.885. The molecule has 0 aliphatic carbocycles. The summed E-state index contributed by atoms with van der Waals surface area (Å²) in [4.78, 5) is 14.2. The Labute approximate surface area is 109 Å². The highest BCUT2D eigenvalue weighted by Crippen LogP contribution is 2.17. The van der Waals surface area contributed by atoms with Gasteiger partial charge in [0.25, 0.3) is 0 Å². The number of nitrogens with zero attached hydrogens (tertiary/aromatic N) is 1. The number of alkyl carbamates (subject to hydrolysis) is 1. The molecule has 2 aliphatic rings. The zero-order valence-electron chi connectivity index (χ0n) is 11.7. The first kappa shape index (κ1) is 13.6. The lowest BCUT2D eigenvalue weighted by molar-refractivity contribution is 0.0504. The Morgan fingerprint density at radius 3 is 2.78 bits per heavy atom. The number of carbonyl (C=O) groups excluding carboxylic acids is 1. The zero-order chi connectivity index (χ0) is 13.2. The fourth-order valence-electron chi connectivity index (χ4n) is 2.66. The van der Waals surface area contributed by atoms with Crippen molar-refractivity contribution in [1.82, 2.24) is 15.5 Å². The van der Waals surface area contributed by atoms with Crippen molar-refractivity contribution < 1.29 is 9.53 Å². The van der Waals surface area contributed by atoms with E-state index in [-0.39, 0.29) is 12.1 Å². The van der Waals surface area contributed by atoms with Crippen molar-refractivity contribution in [3.63, 3.8) is 0 Å². The van der Waals surface area contributed by atoms with Gasteiger partial charge < -0.3 is 15.4 Å². The van der Waals surface area contributed by atoms with E-state index < -0.39 is 5.60 Å². The van der Waals surface area contributed by atoms with Crippen molar-refractivity contribution in [3.05, 3.63) is 0 Å². The maximum Gasteiger partial charge on any atom is 0.407 e. The number of likely N-dealkylation sites (tertiary alicyclic amines) is 1. The van der Waals surface area contributed by atoms with Gasteiger partial charge in [0.2, 0.25) is 0 Å². The van der Waals surface area contributed by atoms with Gasteiger partial charge in [-0.2, -0.15) is 0 Å². The Kier molecular flexibility index (Phi) is 4.12. The molecule has 2 rings (SSSR count). The van der Waals surface area contributed by atoms with Gasteiger partial charge in [0.15, 0.2) is 0 Å². The third-order valence-electron chi connectivity index (χ3n) is 3.49. The van der Waals surface area contributed by atoms with Crippen LogP contribution in [0.2, 0.25) is 0 Å². The quantitative estimate of drug-likeness (QED) is 0.771. The van der Waals surface area contributed by atoms with Crippen molar-refractivity contribution in [2.45, 2.75) is 51.3 Å². The molecular formula is C13H25N3O2. The van der Waals surface area contributed by atoms with Crippen molar-refractivity contribution in [2.75, 3.05) is 26.2 Å². The lowest BCUT2D eigenvalue weighted by Gasteiger charge is -2.24. The molecule has 0 aromatic carbocycles. The van der Waals surface area contributed by atoms with E-state index in [2.05, 4.69) is 15.5 Å². The molecule has 2 aliphatic heterocycles. The minimum absolute atomic E-state index is 0.237. The molecule has 0 bridgehead atoms. The number of carbonyl (C=O) groups is 1. The summed E-state index contributed by atoms with van der Waals surface area (Å²) in [6.07, 6.45) is 1.95. The van der Waals surface area contributed by atoms with Crippen LogP contribution in [0.3, 0.4) is 0 Å². The summed E-state index contributed by atoms with van der Waals surface area (Å²) >= 11 is 0.